The van der Waals surface area contributed by atoms with E-state index in [1.54, 1.807) is 25.5 Å². The lowest BCUT2D eigenvalue weighted by Gasteiger charge is -2.10. The van der Waals surface area contributed by atoms with Gasteiger partial charge in [-0.2, -0.15) is 11.3 Å². The van der Waals surface area contributed by atoms with Crippen molar-refractivity contribution in [3.05, 3.63) is 22.4 Å². The van der Waals surface area contributed by atoms with Gasteiger partial charge in [0, 0.05) is 33.9 Å². The zero-order chi connectivity index (χ0) is 11.6. The van der Waals surface area contributed by atoms with Gasteiger partial charge in [0.25, 0.3) is 0 Å². The summed E-state index contributed by atoms with van der Waals surface area (Å²) in [7, 11) is 3.49. The van der Waals surface area contributed by atoms with Gasteiger partial charge in [0.05, 0.1) is 0 Å². The summed E-state index contributed by atoms with van der Waals surface area (Å²) in [6, 6.07) is 2.11. The molecule has 0 amide bonds. The molecule has 1 aromatic rings. The number of ether oxygens (including phenoxy) is 1. The zero-order valence-corrected chi connectivity index (χ0v) is 13.4. The van der Waals surface area contributed by atoms with Crippen molar-refractivity contribution in [2.75, 3.05) is 27.3 Å². The Bertz CT molecular complexity index is 304. The fourth-order valence-corrected chi connectivity index (χ4v) is 1.89. The van der Waals surface area contributed by atoms with Crippen LogP contribution < -0.4 is 10.6 Å². The third kappa shape index (κ3) is 7.56. The molecule has 0 bridgehead atoms. The van der Waals surface area contributed by atoms with Crippen LogP contribution in [0, 0.1) is 0 Å². The van der Waals surface area contributed by atoms with Gasteiger partial charge in [0.15, 0.2) is 5.96 Å². The molecule has 0 saturated heterocycles. The van der Waals surface area contributed by atoms with Crippen molar-refractivity contribution in [3.8, 4) is 0 Å². The van der Waals surface area contributed by atoms with Gasteiger partial charge in [-0.05, 0) is 28.8 Å². The maximum atomic E-state index is 4.98. The molecule has 6 heteroatoms. The third-order valence-corrected chi connectivity index (χ3v) is 2.81. The van der Waals surface area contributed by atoms with Crippen molar-refractivity contribution in [1.82, 2.24) is 10.6 Å². The molecule has 0 aliphatic carbocycles. The van der Waals surface area contributed by atoms with Crippen LogP contribution in [0.15, 0.2) is 21.8 Å². The van der Waals surface area contributed by atoms with E-state index in [0.29, 0.717) is 0 Å². The van der Waals surface area contributed by atoms with Crippen LogP contribution in [0.4, 0.5) is 0 Å². The molecule has 0 atom stereocenters. The van der Waals surface area contributed by atoms with E-state index in [4.69, 9.17) is 4.74 Å². The predicted octanol–water partition coefficient (Wildman–Crippen LogP) is 2.07. The van der Waals surface area contributed by atoms with Crippen molar-refractivity contribution in [3.63, 3.8) is 0 Å². The molecule has 98 valence electrons. The first kappa shape index (κ1) is 16.7. The largest absolute Gasteiger partial charge is 0.385 e. The van der Waals surface area contributed by atoms with E-state index >= 15 is 0 Å². The lowest BCUT2D eigenvalue weighted by Crippen LogP contribution is -2.37. The Kier molecular flexibility index (Phi) is 10.6. The van der Waals surface area contributed by atoms with E-state index in [0.717, 1.165) is 32.1 Å². The summed E-state index contributed by atoms with van der Waals surface area (Å²) in [6.45, 7) is 2.46. The molecule has 0 aromatic carbocycles. The van der Waals surface area contributed by atoms with Gasteiger partial charge in [0.1, 0.15) is 0 Å². The van der Waals surface area contributed by atoms with Crippen molar-refractivity contribution in [2.24, 2.45) is 4.99 Å². The average Bonchev–Trinajstić information content (AvgIpc) is 2.81. The normalized spacial score (nSPS) is 10.8. The molecular formula is C11H20IN3OS. The molecule has 1 rings (SSSR count). The van der Waals surface area contributed by atoms with Crippen molar-refractivity contribution in [1.29, 1.82) is 0 Å². The number of hydrogen-bond acceptors (Lipinski definition) is 3. The summed E-state index contributed by atoms with van der Waals surface area (Å²) in [5.41, 5.74) is 1.28. The number of nitrogens with zero attached hydrogens (tertiary/aromatic N) is 1. The zero-order valence-electron chi connectivity index (χ0n) is 10.2. The highest BCUT2D eigenvalue weighted by Gasteiger charge is 1.97. The molecule has 0 aliphatic heterocycles. The molecule has 2 N–H and O–H groups in total. The van der Waals surface area contributed by atoms with Crippen LogP contribution in [0.5, 0.6) is 0 Å². The summed E-state index contributed by atoms with van der Waals surface area (Å²) < 4.78 is 4.98. The number of rotatable bonds is 6. The molecule has 4 nitrogen and oxygen atoms in total. The molecule has 0 radical (unpaired) electrons. The van der Waals surface area contributed by atoms with Crippen LogP contribution >= 0.6 is 35.3 Å². The van der Waals surface area contributed by atoms with Gasteiger partial charge in [-0.25, -0.2) is 0 Å². The second kappa shape index (κ2) is 10.8. The highest BCUT2D eigenvalue weighted by Crippen LogP contribution is 2.04. The maximum Gasteiger partial charge on any atom is 0.191 e. The number of aliphatic imine (C=N–C) groups is 1. The smallest absolute Gasteiger partial charge is 0.191 e. The molecule has 17 heavy (non-hydrogen) atoms. The summed E-state index contributed by atoms with van der Waals surface area (Å²) >= 11 is 1.71. The summed E-state index contributed by atoms with van der Waals surface area (Å²) in [4.78, 5) is 4.14. The van der Waals surface area contributed by atoms with Crippen LogP contribution in [0.3, 0.4) is 0 Å². The predicted molar refractivity (Wildman–Crippen MR) is 84.4 cm³/mol. The van der Waals surface area contributed by atoms with Gasteiger partial charge >= 0.3 is 0 Å². The van der Waals surface area contributed by atoms with Crippen LogP contribution in [0.25, 0.3) is 0 Å². The number of guanidine groups is 1. The van der Waals surface area contributed by atoms with Crippen LogP contribution in [-0.2, 0) is 11.3 Å². The summed E-state index contributed by atoms with van der Waals surface area (Å²) in [6.07, 6.45) is 0.982. The Labute approximate surface area is 124 Å². The molecule has 1 aromatic heterocycles. The molecule has 0 fully saturated rings. The number of hydrogen-bond donors (Lipinski definition) is 2. The molecular weight excluding hydrogens is 349 g/mol. The highest BCUT2D eigenvalue weighted by molar-refractivity contribution is 14.0. The van der Waals surface area contributed by atoms with Gasteiger partial charge < -0.3 is 15.4 Å². The van der Waals surface area contributed by atoms with Gasteiger partial charge in [-0.1, -0.05) is 0 Å². The van der Waals surface area contributed by atoms with Crippen molar-refractivity contribution < 1.29 is 4.74 Å². The molecule has 0 spiro atoms. The van der Waals surface area contributed by atoms with Gasteiger partial charge in [0.2, 0.25) is 0 Å². The van der Waals surface area contributed by atoms with Crippen LogP contribution in [0.2, 0.25) is 0 Å². The topological polar surface area (TPSA) is 45.7 Å². The number of thiophene rings is 1. The van der Waals surface area contributed by atoms with E-state index in [-0.39, 0.29) is 24.0 Å². The first-order chi connectivity index (χ1) is 7.86. The van der Waals surface area contributed by atoms with Crippen molar-refractivity contribution >= 4 is 41.3 Å². The van der Waals surface area contributed by atoms with E-state index in [9.17, 15) is 0 Å². The van der Waals surface area contributed by atoms with E-state index in [1.807, 2.05) is 0 Å². The maximum absolute atomic E-state index is 4.98. The summed E-state index contributed by atoms with van der Waals surface area (Å²) in [5.74, 6) is 0.835. The Balaban J connectivity index is 0.00000256. The van der Waals surface area contributed by atoms with E-state index < -0.39 is 0 Å². The number of methoxy groups -OCH3 is 1. The Morgan fingerprint density at radius 3 is 2.88 bits per heavy atom. The standard InChI is InChI=1S/C11H19N3OS.HI/c1-12-11(13-5-3-6-15-2)14-8-10-4-7-16-9-10;/h4,7,9H,3,5-6,8H2,1-2H3,(H2,12,13,14);1H. The number of halogens is 1. The first-order valence-electron chi connectivity index (χ1n) is 5.31. The second-order valence-corrected chi connectivity index (χ2v) is 4.11. The minimum atomic E-state index is 0. The summed E-state index contributed by atoms with van der Waals surface area (Å²) in [5, 5.41) is 10.7. The Hall–Kier alpha value is -0.340. The lowest BCUT2D eigenvalue weighted by atomic mass is 10.3. The van der Waals surface area contributed by atoms with E-state index in [2.05, 4.69) is 32.5 Å². The minimum Gasteiger partial charge on any atom is -0.385 e. The first-order valence-corrected chi connectivity index (χ1v) is 6.25. The molecule has 0 aliphatic rings. The van der Waals surface area contributed by atoms with Crippen LogP contribution in [0.1, 0.15) is 12.0 Å². The molecule has 0 saturated carbocycles. The third-order valence-electron chi connectivity index (χ3n) is 2.08. The highest BCUT2D eigenvalue weighted by atomic mass is 127. The quantitative estimate of drug-likeness (QED) is 0.349. The van der Waals surface area contributed by atoms with E-state index in [1.165, 1.54) is 5.56 Å². The Morgan fingerprint density at radius 1 is 1.47 bits per heavy atom. The van der Waals surface area contributed by atoms with Crippen LogP contribution in [-0.4, -0.2) is 33.3 Å². The monoisotopic (exact) mass is 369 g/mol. The average molecular weight is 369 g/mol. The minimum absolute atomic E-state index is 0. The Morgan fingerprint density at radius 2 is 2.29 bits per heavy atom. The SMILES string of the molecule is CN=C(NCCCOC)NCc1ccsc1.I. The fraction of sp³-hybridized carbons (Fsp3) is 0.545. The van der Waals surface area contributed by atoms with Gasteiger partial charge in [-0.15, -0.1) is 24.0 Å². The van der Waals surface area contributed by atoms with Gasteiger partial charge in [-0.3, -0.25) is 4.99 Å². The number of nitrogens with one attached hydrogen (secondary N) is 2. The lowest BCUT2D eigenvalue weighted by molar-refractivity contribution is 0.195. The molecule has 1 heterocycles. The van der Waals surface area contributed by atoms with Crippen molar-refractivity contribution in [2.45, 2.75) is 13.0 Å². The fourth-order valence-electron chi connectivity index (χ4n) is 1.22. The molecule has 0 unspecified atom stereocenters. The second-order valence-electron chi connectivity index (χ2n) is 3.33.